The number of methoxy groups -OCH3 is 1. The number of benzene rings is 2. The van der Waals surface area contributed by atoms with Gasteiger partial charge in [0.2, 0.25) is 0 Å². The van der Waals surface area contributed by atoms with Gasteiger partial charge in [-0.1, -0.05) is 44.5 Å². The van der Waals surface area contributed by atoms with Crippen LogP contribution in [0.25, 0.3) is 0 Å². The second kappa shape index (κ2) is 11.1. The maximum absolute atomic E-state index is 6.20. The molecule has 32 heavy (non-hydrogen) atoms. The Balaban J connectivity index is 1.60. The summed E-state index contributed by atoms with van der Waals surface area (Å²) in [6, 6.07) is 17.4. The summed E-state index contributed by atoms with van der Waals surface area (Å²) in [5, 5.41) is 0. The summed E-state index contributed by atoms with van der Waals surface area (Å²) in [7, 11) is 1.71. The van der Waals surface area contributed by atoms with E-state index in [0.29, 0.717) is 18.6 Å². The number of anilines is 1. The van der Waals surface area contributed by atoms with Crippen molar-refractivity contribution in [3.8, 4) is 11.5 Å². The van der Waals surface area contributed by atoms with Gasteiger partial charge >= 0.3 is 0 Å². The molecular weight excluding hydrogens is 400 g/mol. The minimum Gasteiger partial charge on any atom is -0.497 e. The number of likely N-dealkylation sites (tertiary alicyclic amines) is 1. The first-order valence-corrected chi connectivity index (χ1v) is 12.1. The van der Waals surface area contributed by atoms with Gasteiger partial charge in [0.1, 0.15) is 18.1 Å². The van der Waals surface area contributed by atoms with E-state index >= 15 is 0 Å². The standard InChI is InChI=1S/C27H38N2O3/c1-21(2)18-31-19-23(28-15-7-4-8-16-28)17-29-25-9-5-6-10-27(25)32-20-26(29)22-11-13-24(30-3)14-12-22/h5-6,9-14,21,23,26H,4,7-8,15-20H2,1-3H3. The highest BCUT2D eigenvalue weighted by atomic mass is 16.5. The molecule has 2 heterocycles. The second-order valence-corrected chi connectivity index (χ2v) is 9.40. The molecule has 0 N–H and O–H groups in total. The van der Waals surface area contributed by atoms with E-state index in [1.54, 1.807) is 7.11 Å². The van der Waals surface area contributed by atoms with Crippen LogP contribution in [-0.4, -0.2) is 57.5 Å². The largest absolute Gasteiger partial charge is 0.497 e. The van der Waals surface area contributed by atoms with Crippen molar-refractivity contribution < 1.29 is 14.2 Å². The molecule has 0 spiro atoms. The molecule has 2 unspecified atom stereocenters. The smallest absolute Gasteiger partial charge is 0.142 e. The molecule has 0 bridgehead atoms. The average Bonchev–Trinajstić information content (AvgIpc) is 2.84. The molecule has 0 aliphatic carbocycles. The molecule has 2 atom stereocenters. The van der Waals surface area contributed by atoms with Gasteiger partial charge < -0.3 is 19.1 Å². The number of nitrogens with zero attached hydrogens (tertiary/aromatic N) is 2. The van der Waals surface area contributed by atoms with Crippen molar-refractivity contribution in [1.29, 1.82) is 0 Å². The predicted molar refractivity (Wildman–Crippen MR) is 130 cm³/mol. The van der Waals surface area contributed by atoms with Gasteiger partial charge in [0.05, 0.1) is 31.5 Å². The lowest BCUT2D eigenvalue weighted by Crippen LogP contribution is -2.51. The van der Waals surface area contributed by atoms with Crippen LogP contribution in [0.5, 0.6) is 11.5 Å². The summed E-state index contributed by atoms with van der Waals surface area (Å²) in [6.45, 7) is 9.91. The fraction of sp³-hybridized carbons (Fsp3) is 0.556. The van der Waals surface area contributed by atoms with E-state index < -0.39 is 0 Å². The lowest BCUT2D eigenvalue weighted by Gasteiger charge is -2.43. The summed E-state index contributed by atoms with van der Waals surface area (Å²) >= 11 is 0. The molecule has 1 saturated heterocycles. The molecule has 5 nitrogen and oxygen atoms in total. The number of ether oxygens (including phenoxy) is 3. The lowest BCUT2D eigenvalue weighted by atomic mass is 10.0. The molecule has 2 aliphatic heterocycles. The van der Waals surface area contributed by atoms with E-state index in [0.717, 1.165) is 44.3 Å². The first-order chi connectivity index (χ1) is 15.7. The van der Waals surface area contributed by atoms with Crippen LogP contribution in [0.15, 0.2) is 48.5 Å². The highest BCUT2D eigenvalue weighted by Gasteiger charge is 2.32. The van der Waals surface area contributed by atoms with E-state index in [1.807, 2.05) is 12.1 Å². The van der Waals surface area contributed by atoms with Crippen molar-refractivity contribution in [2.75, 3.05) is 51.5 Å². The number of hydrogen-bond donors (Lipinski definition) is 0. The Kier molecular flexibility index (Phi) is 7.93. The Labute approximate surface area is 193 Å². The molecule has 2 aromatic carbocycles. The maximum Gasteiger partial charge on any atom is 0.142 e. The molecule has 0 saturated carbocycles. The Hall–Kier alpha value is -2.24. The molecule has 1 fully saturated rings. The number of rotatable bonds is 9. The molecule has 0 radical (unpaired) electrons. The third kappa shape index (κ3) is 5.57. The number of para-hydroxylation sites is 2. The summed E-state index contributed by atoms with van der Waals surface area (Å²) in [5.41, 5.74) is 2.42. The van der Waals surface area contributed by atoms with Crippen molar-refractivity contribution in [2.24, 2.45) is 5.92 Å². The van der Waals surface area contributed by atoms with Crippen LogP contribution in [0.2, 0.25) is 0 Å². The Morgan fingerprint density at radius 3 is 2.44 bits per heavy atom. The summed E-state index contributed by atoms with van der Waals surface area (Å²) in [6.07, 6.45) is 3.90. The van der Waals surface area contributed by atoms with E-state index in [2.05, 4.69) is 60.0 Å². The van der Waals surface area contributed by atoms with E-state index in [-0.39, 0.29) is 6.04 Å². The number of fused-ring (bicyclic) bond motifs is 1. The lowest BCUT2D eigenvalue weighted by molar-refractivity contribution is 0.0397. The van der Waals surface area contributed by atoms with Crippen LogP contribution in [0.4, 0.5) is 5.69 Å². The first-order valence-electron chi connectivity index (χ1n) is 12.1. The SMILES string of the molecule is COc1ccc(C2COc3ccccc3N2CC(COCC(C)C)N2CCCCC2)cc1. The first kappa shape index (κ1) is 22.9. The summed E-state index contributed by atoms with van der Waals surface area (Å²) in [5.74, 6) is 2.40. The van der Waals surface area contributed by atoms with Gasteiger partial charge in [-0.2, -0.15) is 0 Å². The molecule has 174 valence electrons. The Bertz CT molecular complexity index is 833. The Morgan fingerprint density at radius 2 is 1.72 bits per heavy atom. The van der Waals surface area contributed by atoms with Gasteiger partial charge in [-0.15, -0.1) is 0 Å². The van der Waals surface area contributed by atoms with Crippen LogP contribution in [0.1, 0.15) is 44.7 Å². The molecule has 4 rings (SSSR count). The van der Waals surface area contributed by atoms with E-state index in [4.69, 9.17) is 14.2 Å². The number of hydrogen-bond acceptors (Lipinski definition) is 5. The van der Waals surface area contributed by atoms with Crippen LogP contribution in [0.3, 0.4) is 0 Å². The van der Waals surface area contributed by atoms with Gasteiger partial charge in [-0.05, 0) is 61.7 Å². The molecule has 0 amide bonds. The minimum atomic E-state index is 0.160. The highest BCUT2D eigenvalue weighted by Crippen LogP contribution is 2.40. The zero-order valence-electron chi connectivity index (χ0n) is 19.8. The number of piperidine rings is 1. The quantitative estimate of drug-likeness (QED) is 0.540. The molecule has 0 aromatic heterocycles. The zero-order chi connectivity index (χ0) is 22.3. The third-order valence-corrected chi connectivity index (χ3v) is 6.52. The van der Waals surface area contributed by atoms with Gasteiger partial charge in [0, 0.05) is 13.2 Å². The van der Waals surface area contributed by atoms with E-state index in [9.17, 15) is 0 Å². The third-order valence-electron chi connectivity index (χ3n) is 6.52. The topological polar surface area (TPSA) is 34.2 Å². The Morgan fingerprint density at radius 1 is 0.969 bits per heavy atom. The highest BCUT2D eigenvalue weighted by molar-refractivity contribution is 5.61. The van der Waals surface area contributed by atoms with Gasteiger partial charge in [-0.3, -0.25) is 4.90 Å². The molecular formula is C27H38N2O3. The van der Waals surface area contributed by atoms with Gasteiger partial charge in [0.25, 0.3) is 0 Å². The minimum absolute atomic E-state index is 0.160. The van der Waals surface area contributed by atoms with Crippen molar-refractivity contribution in [3.05, 3.63) is 54.1 Å². The second-order valence-electron chi connectivity index (χ2n) is 9.40. The van der Waals surface area contributed by atoms with Crippen LogP contribution in [0, 0.1) is 5.92 Å². The fourth-order valence-corrected chi connectivity index (χ4v) is 4.79. The van der Waals surface area contributed by atoms with Crippen molar-refractivity contribution in [3.63, 3.8) is 0 Å². The zero-order valence-corrected chi connectivity index (χ0v) is 19.8. The normalized spacial score (nSPS) is 20.0. The van der Waals surface area contributed by atoms with Crippen LogP contribution in [-0.2, 0) is 4.74 Å². The van der Waals surface area contributed by atoms with Crippen molar-refractivity contribution in [1.82, 2.24) is 4.90 Å². The van der Waals surface area contributed by atoms with Crippen molar-refractivity contribution in [2.45, 2.75) is 45.2 Å². The summed E-state index contributed by atoms with van der Waals surface area (Å²) < 4.78 is 17.8. The molecule has 2 aliphatic rings. The van der Waals surface area contributed by atoms with Crippen LogP contribution < -0.4 is 14.4 Å². The van der Waals surface area contributed by atoms with Gasteiger partial charge in [0.15, 0.2) is 0 Å². The van der Waals surface area contributed by atoms with Gasteiger partial charge in [-0.25, -0.2) is 0 Å². The predicted octanol–water partition coefficient (Wildman–Crippen LogP) is 5.16. The average molecular weight is 439 g/mol. The van der Waals surface area contributed by atoms with E-state index in [1.165, 1.54) is 30.5 Å². The fourth-order valence-electron chi connectivity index (χ4n) is 4.79. The summed E-state index contributed by atoms with van der Waals surface area (Å²) in [4.78, 5) is 5.19. The molecule has 5 heteroatoms. The van der Waals surface area contributed by atoms with Crippen LogP contribution >= 0.6 is 0 Å². The monoisotopic (exact) mass is 438 g/mol. The maximum atomic E-state index is 6.20. The van der Waals surface area contributed by atoms with Crippen molar-refractivity contribution >= 4 is 5.69 Å². The molecule has 2 aromatic rings.